The van der Waals surface area contributed by atoms with Gasteiger partial charge in [-0.25, -0.2) is 0 Å². The first-order chi connectivity index (χ1) is 7.95. The molecule has 0 radical (unpaired) electrons. The van der Waals surface area contributed by atoms with Gasteiger partial charge in [0.1, 0.15) is 0 Å². The first kappa shape index (κ1) is 12.0. The standard InChI is InChI=1S/C15H18I/c1-3-8-14(9-4-1)10-7-13-16-15-11-5-2-6-12-15/h2,5-6,11-12,14H,1,3-4,8-10H2/q+1. The molecule has 0 spiro atoms. The van der Waals surface area contributed by atoms with Crippen LogP contribution in [0.4, 0.5) is 0 Å². The van der Waals surface area contributed by atoms with E-state index in [1.165, 1.54) is 35.7 Å². The SMILES string of the molecule is C(#C[I+]c1ccccc1)CC1CCCCC1. The van der Waals surface area contributed by atoms with Crippen molar-refractivity contribution >= 4 is 0 Å². The Kier molecular flexibility index (Phi) is 5.21. The number of hydrogen-bond acceptors (Lipinski definition) is 0. The molecule has 0 aromatic heterocycles. The molecule has 84 valence electrons. The number of rotatable bonds is 2. The van der Waals surface area contributed by atoms with Gasteiger partial charge in [0.2, 0.25) is 3.57 Å². The highest BCUT2D eigenvalue weighted by molar-refractivity contribution is 5.00. The van der Waals surface area contributed by atoms with Gasteiger partial charge in [0.05, 0.1) is 0 Å². The molecule has 0 aliphatic heterocycles. The third kappa shape index (κ3) is 4.17. The second-order valence-corrected chi connectivity index (χ2v) is 6.69. The van der Waals surface area contributed by atoms with Crippen LogP contribution in [-0.2, 0) is 0 Å². The third-order valence-electron chi connectivity index (χ3n) is 3.07. The minimum Gasteiger partial charge on any atom is -0.0619 e. The lowest BCUT2D eigenvalue weighted by Crippen LogP contribution is -3.59. The van der Waals surface area contributed by atoms with E-state index in [0.717, 1.165) is 12.3 Å². The van der Waals surface area contributed by atoms with Crippen LogP contribution < -0.4 is 21.2 Å². The summed E-state index contributed by atoms with van der Waals surface area (Å²) in [5.41, 5.74) is 0. The van der Waals surface area contributed by atoms with Crippen LogP contribution in [0.25, 0.3) is 0 Å². The van der Waals surface area contributed by atoms with Gasteiger partial charge in [-0.15, -0.1) is 0 Å². The van der Waals surface area contributed by atoms with Crippen LogP contribution in [0.5, 0.6) is 0 Å². The van der Waals surface area contributed by atoms with Gasteiger partial charge >= 0.3 is 21.2 Å². The molecular weight excluding hydrogens is 307 g/mol. The second kappa shape index (κ2) is 6.96. The van der Waals surface area contributed by atoms with Crippen molar-refractivity contribution in [3.05, 3.63) is 33.9 Å². The summed E-state index contributed by atoms with van der Waals surface area (Å²) in [6.45, 7) is 0. The van der Waals surface area contributed by atoms with Crippen LogP contribution in [0.15, 0.2) is 30.3 Å². The zero-order chi connectivity index (χ0) is 11.1. The molecule has 0 N–H and O–H groups in total. The highest BCUT2D eigenvalue weighted by Gasteiger charge is 2.12. The van der Waals surface area contributed by atoms with Crippen LogP contribution in [0.2, 0.25) is 0 Å². The normalized spacial score (nSPS) is 16.5. The lowest BCUT2D eigenvalue weighted by atomic mass is 9.87. The number of benzene rings is 1. The van der Waals surface area contributed by atoms with Crippen molar-refractivity contribution in [3.8, 4) is 9.85 Å². The molecule has 0 atom stereocenters. The van der Waals surface area contributed by atoms with Crippen LogP contribution in [0, 0.1) is 19.3 Å². The molecule has 0 saturated heterocycles. The van der Waals surface area contributed by atoms with Crippen molar-refractivity contribution in [2.24, 2.45) is 5.92 Å². The first-order valence-electron chi connectivity index (χ1n) is 6.12. The van der Waals surface area contributed by atoms with Gasteiger partial charge in [-0.05, 0) is 36.8 Å². The molecule has 1 fully saturated rings. The van der Waals surface area contributed by atoms with Crippen molar-refractivity contribution < 1.29 is 21.2 Å². The molecule has 1 aliphatic carbocycles. The Hall–Kier alpha value is -0.490. The van der Waals surface area contributed by atoms with Crippen LogP contribution in [-0.4, -0.2) is 0 Å². The summed E-state index contributed by atoms with van der Waals surface area (Å²) in [5.74, 6) is 4.31. The Morgan fingerprint density at radius 1 is 1.06 bits per heavy atom. The van der Waals surface area contributed by atoms with Crippen LogP contribution in [0.3, 0.4) is 0 Å². The van der Waals surface area contributed by atoms with Gasteiger partial charge in [-0.3, -0.25) is 0 Å². The predicted octanol–water partition coefficient (Wildman–Crippen LogP) is 0.877. The summed E-state index contributed by atoms with van der Waals surface area (Å²) < 4.78 is 4.85. The Balaban J connectivity index is 1.73. The Labute approximate surface area is 109 Å². The Morgan fingerprint density at radius 3 is 2.56 bits per heavy atom. The highest BCUT2D eigenvalue weighted by atomic mass is 127. The fourth-order valence-electron chi connectivity index (χ4n) is 2.14. The van der Waals surface area contributed by atoms with E-state index in [2.05, 4.69) is 40.2 Å². The summed E-state index contributed by atoms with van der Waals surface area (Å²) in [7, 11) is 0. The van der Waals surface area contributed by atoms with Gasteiger partial charge in [-0.1, -0.05) is 37.5 Å². The number of halogens is 1. The van der Waals surface area contributed by atoms with Crippen molar-refractivity contribution in [1.29, 1.82) is 0 Å². The predicted molar refractivity (Wildman–Crippen MR) is 64.1 cm³/mol. The highest BCUT2D eigenvalue weighted by Crippen LogP contribution is 2.25. The third-order valence-corrected chi connectivity index (χ3v) is 5.06. The van der Waals surface area contributed by atoms with Crippen LogP contribution in [0.1, 0.15) is 38.5 Å². The zero-order valence-corrected chi connectivity index (χ0v) is 11.7. The Bertz CT molecular complexity index is 352. The lowest BCUT2D eigenvalue weighted by molar-refractivity contribution is -0.535. The average molecular weight is 325 g/mol. The molecule has 0 heterocycles. The topological polar surface area (TPSA) is 0 Å². The molecule has 1 saturated carbocycles. The van der Waals surface area contributed by atoms with Gasteiger partial charge in [0.15, 0.2) is 3.93 Å². The molecule has 0 unspecified atom stereocenters. The maximum atomic E-state index is 3.41. The molecule has 1 heteroatoms. The van der Waals surface area contributed by atoms with E-state index in [1.54, 1.807) is 0 Å². The largest absolute Gasteiger partial charge is 0.419 e. The smallest absolute Gasteiger partial charge is 0.0619 e. The van der Waals surface area contributed by atoms with Gasteiger partial charge in [-0.2, -0.15) is 0 Å². The maximum absolute atomic E-state index is 3.41. The Morgan fingerprint density at radius 2 is 1.81 bits per heavy atom. The van der Waals surface area contributed by atoms with E-state index >= 15 is 0 Å². The van der Waals surface area contributed by atoms with Crippen LogP contribution >= 0.6 is 0 Å². The molecule has 16 heavy (non-hydrogen) atoms. The quantitative estimate of drug-likeness (QED) is 0.559. The van der Waals surface area contributed by atoms with E-state index in [-0.39, 0.29) is 21.2 Å². The molecule has 1 aromatic carbocycles. The molecule has 2 rings (SSSR count). The fraction of sp³-hybridized carbons (Fsp3) is 0.467. The average Bonchev–Trinajstić information content (AvgIpc) is 2.37. The monoisotopic (exact) mass is 325 g/mol. The molecular formula is C15H18I+. The van der Waals surface area contributed by atoms with Gasteiger partial charge in [0, 0.05) is 6.42 Å². The van der Waals surface area contributed by atoms with E-state index in [9.17, 15) is 0 Å². The van der Waals surface area contributed by atoms with E-state index < -0.39 is 0 Å². The lowest BCUT2D eigenvalue weighted by Gasteiger charge is -2.18. The summed E-state index contributed by atoms with van der Waals surface area (Å²) in [5, 5.41) is 0. The van der Waals surface area contributed by atoms with Gasteiger partial charge in [0.25, 0.3) is 0 Å². The maximum Gasteiger partial charge on any atom is 0.419 e. The van der Waals surface area contributed by atoms with Crippen molar-refractivity contribution in [3.63, 3.8) is 0 Å². The summed E-state index contributed by atoms with van der Waals surface area (Å²) in [6.07, 6.45) is 8.28. The van der Waals surface area contributed by atoms with Gasteiger partial charge < -0.3 is 0 Å². The summed E-state index contributed by atoms with van der Waals surface area (Å²) in [6, 6.07) is 10.7. The van der Waals surface area contributed by atoms with E-state index in [4.69, 9.17) is 0 Å². The second-order valence-electron chi connectivity index (χ2n) is 4.37. The molecule has 0 bridgehead atoms. The molecule has 0 nitrogen and oxygen atoms in total. The van der Waals surface area contributed by atoms with Crippen molar-refractivity contribution in [2.75, 3.05) is 0 Å². The summed E-state index contributed by atoms with van der Waals surface area (Å²) in [4.78, 5) is 0. The van der Waals surface area contributed by atoms with E-state index in [1.807, 2.05) is 0 Å². The minimum atomic E-state index is -0.0634. The van der Waals surface area contributed by atoms with Crippen molar-refractivity contribution in [1.82, 2.24) is 0 Å². The zero-order valence-electron chi connectivity index (χ0n) is 9.58. The number of hydrogen-bond donors (Lipinski definition) is 0. The van der Waals surface area contributed by atoms with E-state index in [0.29, 0.717) is 0 Å². The minimum absolute atomic E-state index is 0.0634. The summed E-state index contributed by atoms with van der Waals surface area (Å²) >= 11 is -0.0634. The first-order valence-corrected chi connectivity index (χ1v) is 8.27. The fourth-order valence-corrected chi connectivity index (χ4v) is 3.64. The molecule has 1 aromatic rings. The molecule has 0 amide bonds. The molecule has 1 aliphatic rings. The van der Waals surface area contributed by atoms with Crippen molar-refractivity contribution in [2.45, 2.75) is 38.5 Å².